The molecule has 0 radical (unpaired) electrons. The quantitative estimate of drug-likeness (QED) is 0.762. The molecule has 0 saturated heterocycles. The fourth-order valence-corrected chi connectivity index (χ4v) is 2.38. The van der Waals surface area contributed by atoms with Crippen molar-refractivity contribution in [1.29, 1.82) is 0 Å². The summed E-state index contributed by atoms with van der Waals surface area (Å²) < 4.78 is 11.0. The maximum absolute atomic E-state index is 12.3. The Morgan fingerprint density at radius 3 is 2.38 bits per heavy atom. The van der Waals surface area contributed by atoms with E-state index in [2.05, 4.69) is 10.6 Å². The molecular formula is C20H24N2O4. The van der Waals surface area contributed by atoms with Gasteiger partial charge in [-0.15, -0.1) is 0 Å². The van der Waals surface area contributed by atoms with Crippen molar-refractivity contribution in [2.45, 2.75) is 20.8 Å². The van der Waals surface area contributed by atoms with Crippen molar-refractivity contribution in [1.82, 2.24) is 5.32 Å². The van der Waals surface area contributed by atoms with Crippen molar-refractivity contribution < 1.29 is 19.1 Å². The molecule has 0 aliphatic rings. The molecule has 0 unspecified atom stereocenters. The zero-order valence-corrected chi connectivity index (χ0v) is 15.3. The smallest absolute Gasteiger partial charge is 0.251 e. The molecular weight excluding hydrogens is 332 g/mol. The summed E-state index contributed by atoms with van der Waals surface area (Å²) in [5, 5.41) is 5.36. The molecule has 0 bridgehead atoms. The van der Waals surface area contributed by atoms with Gasteiger partial charge in [0.25, 0.3) is 5.91 Å². The number of nitrogens with one attached hydrogen (secondary N) is 2. The fraction of sp³-hybridized carbons (Fsp3) is 0.300. The lowest BCUT2D eigenvalue weighted by Gasteiger charge is -2.12. The third-order valence-electron chi connectivity index (χ3n) is 3.52. The first-order valence-electron chi connectivity index (χ1n) is 8.57. The Kier molecular flexibility index (Phi) is 7.02. The minimum atomic E-state index is -0.353. The average Bonchev–Trinajstić information content (AvgIpc) is 2.61. The molecule has 0 saturated carbocycles. The lowest BCUT2D eigenvalue weighted by molar-refractivity contribution is -0.115. The van der Waals surface area contributed by atoms with Crippen LogP contribution < -0.4 is 20.1 Å². The van der Waals surface area contributed by atoms with E-state index in [1.165, 1.54) is 0 Å². The molecule has 6 nitrogen and oxygen atoms in total. The van der Waals surface area contributed by atoms with Gasteiger partial charge in [0.1, 0.15) is 0 Å². The molecule has 6 heteroatoms. The molecule has 2 rings (SSSR count). The normalized spacial score (nSPS) is 10.1. The van der Waals surface area contributed by atoms with Crippen molar-refractivity contribution in [3.63, 3.8) is 0 Å². The molecule has 0 fully saturated rings. The predicted octanol–water partition coefficient (Wildman–Crippen LogP) is 3.16. The summed E-state index contributed by atoms with van der Waals surface area (Å²) in [4.78, 5) is 24.3. The SMILES string of the molecule is CCOc1ccc(C(=O)NCC(=O)Nc2cccc(C)c2)cc1OCC. The molecule has 2 amide bonds. The first-order valence-corrected chi connectivity index (χ1v) is 8.57. The van der Waals surface area contributed by atoms with E-state index in [9.17, 15) is 9.59 Å². The van der Waals surface area contributed by atoms with E-state index in [1.807, 2.05) is 39.0 Å². The summed E-state index contributed by atoms with van der Waals surface area (Å²) in [5.74, 6) is 0.447. The van der Waals surface area contributed by atoms with Crippen molar-refractivity contribution in [2.75, 3.05) is 25.1 Å². The number of aryl methyl sites for hydroxylation is 1. The molecule has 2 aromatic rings. The second kappa shape index (κ2) is 9.46. The largest absolute Gasteiger partial charge is 0.490 e. The van der Waals surface area contributed by atoms with Gasteiger partial charge >= 0.3 is 0 Å². The Bertz CT molecular complexity index is 774. The summed E-state index contributed by atoms with van der Waals surface area (Å²) in [7, 11) is 0. The van der Waals surface area contributed by atoms with Gasteiger partial charge < -0.3 is 20.1 Å². The van der Waals surface area contributed by atoms with E-state index in [4.69, 9.17) is 9.47 Å². The maximum Gasteiger partial charge on any atom is 0.251 e. The van der Waals surface area contributed by atoms with Crippen molar-refractivity contribution in [3.05, 3.63) is 53.6 Å². The Balaban J connectivity index is 1.96. The number of hydrogen-bond acceptors (Lipinski definition) is 4. The van der Waals surface area contributed by atoms with Crippen LogP contribution in [0.5, 0.6) is 11.5 Å². The van der Waals surface area contributed by atoms with E-state index in [0.717, 1.165) is 5.56 Å². The standard InChI is InChI=1S/C20H24N2O4/c1-4-25-17-10-9-15(12-18(17)26-5-2)20(24)21-13-19(23)22-16-8-6-7-14(3)11-16/h6-12H,4-5,13H2,1-3H3,(H,21,24)(H,22,23). The number of carbonyl (C=O) groups excluding carboxylic acids is 2. The zero-order valence-electron chi connectivity index (χ0n) is 15.3. The molecule has 138 valence electrons. The summed E-state index contributed by atoms with van der Waals surface area (Å²) in [6, 6.07) is 12.4. The third kappa shape index (κ3) is 5.51. The van der Waals surface area contributed by atoms with Crippen molar-refractivity contribution >= 4 is 17.5 Å². The Morgan fingerprint density at radius 2 is 1.69 bits per heavy atom. The fourth-order valence-electron chi connectivity index (χ4n) is 2.38. The minimum absolute atomic E-state index is 0.121. The van der Waals surface area contributed by atoms with Gasteiger partial charge in [-0.05, 0) is 56.7 Å². The van der Waals surface area contributed by atoms with Crippen LogP contribution in [0.3, 0.4) is 0 Å². The molecule has 2 aromatic carbocycles. The van der Waals surface area contributed by atoms with Gasteiger partial charge in [0, 0.05) is 11.3 Å². The average molecular weight is 356 g/mol. The lowest BCUT2D eigenvalue weighted by atomic mass is 10.2. The summed E-state index contributed by atoms with van der Waals surface area (Å²) in [5.41, 5.74) is 2.15. The highest BCUT2D eigenvalue weighted by molar-refractivity contribution is 5.99. The topological polar surface area (TPSA) is 76.7 Å². The number of carbonyl (C=O) groups is 2. The van der Waals surface area contributed by atoms with Gasteiger partial charge in [-0.25, -0.2) is 0 Å². The number of rotatable bonds is 8. The summed E-state index contributed by atoms with van der Waals surface area (Å²) >= 11 is 0. The van der Waals surface area contributed by atoms with Gasteiger partial charge in [-0.2, -0.15) is 0 Å². The van der Waals surface area contributed by atoms with Crippen LogP contribution in [-0.2, 0) is 4.79 Å². The second-order valence-corrected chi connectivity index (χ2v) is 5.63. The number of ether oxygens (including phenoxy) is 2. The lowest BCUT2D eigenvalue weighted by Crippen LogP contribution is -2.32. The highest BCUT2D eigenvalue weighted by Crippen LogP contribution is 2.28. The molecule has 0 heterocycles. The molecule has 26 heavy (non-hydrogen) atoms. The van der Waals surface area contributed by atoms with Crippen LogP contribution in [0.15, 0.2) is 42.5 Å². The van der Waals surface area contributed by atoms with Crippen LogP contribution in [0.4, 0.5) is 5.69 Å². The minimum Gasteiger partial charge on any atom is -0.490 e. The molecule has 2 N–H and O–H groups in total. The van der Waals surface area contributed by atoms with Crippen LogP contribution in [0.1, 0.15) is 29.8 Å². The maximum atomic E-state index is 12.3. The molecule has 0 spiro atoms. The Labute approximate surface area is 153 Å². The third-order valence-corrected chi connectivity index (χ3v) is 3.52. The molecule has 0 aromatic heterocycles. The number of benzene rings is 2. The monoisotopic (exact) mass is 356 g/mol. The highest BCUT2D eigenvalue weighted by Gasteiger charge is 2.12. The van der Waals surface area contributed by atoms with E-state index in [0.29, 0.717) is 36.0 Å². The van der Waals surface area contributed by atoms with E-state index >= 15 is 0 Å². The zero-order chi connectivity index (χ0) is 18.9. The van der Waals surface area contributed by atoms with Gasteiger partial charge in [-0.3, -0.25) is 9.59 Å². The molecule has 0 aliphatic heterocycles. The van der Waals surface area contributed by atoms with Crippen LogP contribution in [0, 0.1) is 6.92 Å². The predicted molar refractivity (Wildman–Crippen MR) is 101 cm³/mol. The van der Waals surface area contributed by atoms with Crippen LogP contribution in [0.2, 0.25) is 0 Å². The van der Waals surface area contributed by atoms with Crippen molar-refractivity contribution in [2.24, 2.45) is 0 Å². The Hall–Kier alpha value is -3.02. The first kappa shape index (κ1) is 19.3. The number of hydrogen-bond donors (Lipinski definition) is 2. The Morgan fingerprint density at radius 1 is 0.962 bits per heavy atom. The number of anilines is 1. The molecule has 0 aliphatic carbocycles. The molecule has 0 atom stereocenters. The second-order valence-electron chi connectivity index (χ2n) is 5.63. The van der Waals surface area contributed by atoms with Gasteiger partial charge in [0.2, 0.25) is 5.91 Å². The van der Waals surface area contributed by atoms with E-state index in [1.54, 1.807) is 24.3 Å². The first-order chi connectivity index (χ1) is 12.5. The highest BCUT2D eigenvalue weighted by atomic mass is 16.5. The summed E-state index contributed by atoms with van der Waals surface area (Å²) in [6.45, 7) is 6.53. The number of amides is 2. The van der Waals surface area contributed by atoms with Gasteiger partial charge in [0.05, 0.1) is 19.8 Å². The van der Waals surface area contributed by atoms with Crippen LogP contribution in [0.25, 0.3) is 0 Å². The van der Waals surface area contributed by atoms with E-state index in [-0.39, 0.29) is 18.4 Å². The van der Waals surface area contributed by atoms with Crippen LogP contribution in [-0.4, -0.2) is 31.6 Å². The van der Waals surface area contributed by atoms with Gasteiger partial charge in [0.15, 0.2) is 11.5 Å². The van der Waals surface area contributed by atoms with Crippen LogP contribution >= 0.6 is 0 Å². The summed E-state index contributed by atoms with van der Waals surface area (Å²) in [6.07, 6.45) is 0. The van der Waals surface area contributed by atoms with Gasteiger partial charge in [-0.1, -0.05) is 12.1 Å². The van der Waals surface area contributed by atoms with E-state index < -0.39 is 0 Å². The van der Waals surface area contributed by atoms with Crippen molar-refractivity contribution in [3.8, 4) is 11.5 Å².